The average Bonchev–Trinajstić information content (AvgIpc) is 3.54. The van der Waals surface area contributed by atoms with Crippen LogP contribution in [0.2, 0.25) is 0 Å². The Morgan fingerprint density at radius 1 is 1.20 bits per heavy atom. The molecule has 1 aromatic carbocycles. The van der Waals surface area contributed by atoms with Gasteiger partial charge in [0.15, 0.2) is 0 Å². The van der Waals surface area contributed by atoms with Crippen molar-refractivity contribution in [3.63, 3.8) is 0 Å². The fraction of sp³-hybridized carbons (Fsp3) is 0.292. The topological polar surface area (TPSA) is 70.2 Å². The van der Waals surface area contributed by atoms with E-state index in [9.17, 15) is 4.79 Å². The molecule has 0 radical (unpaired) electrons. The molecule has 3 heterocycles. The summed E-state index contributed by atoms with van der Waals surface area (Å²) in [6, 6.07) is 11.6. The number of ether oxygens (including phenoxy) is 1. The number of nitrogens with zero attached hydrogens (tertiary/aromatic N) is 3. The number of methoxy groups -OCH3 is 1. The van der Waals surface area contributed by atoms with Gasteiger partial charge in [0.1, 0.15) is 11.5 Å². The van der Waals surface area contributed by atoms with Crippen LogP contribution in [0.5, 0.6) is 5.75 Å². The number of pyridine rings is 2. The number of aromatic nitrogens is 3. The number of benzene rings is 1. The highest BCUT2D eigenvalue weighted by Crippen LogP contribution is 2.45. The van der Waals surface area contributed by atoms with Crippen LogP contribution in [-0.2, 0) is 6.54 Å². The summed E-state index contributed by atoms with van der Waals surface area (Å²) in [5.41, 5.74) is 5.51. The van der Waals surface area contributed by atoms with Crippen molar-refractivity contribution in [3.8, 4) is 16.9 Å². The van der Waals surface area contributed by atoms with E-state index in [0.717, 1.165) is 57.6 Å². The fourth-order valence-electron chi connectivity index (χ4n) is 4.21. The molecule has 1 aliphatic rings. The van der Waals surface area contributed by atoms with Gasteiger partial charge in [0, 0.05) is 29.3 Å². The SMILES string of the molecule is COc1cc2c(cc1-c1c(C)noc1C)c(C1CC1)cc(=O)n2Cc1ccccn1. The summed E-state index contributed by atoms with van der Waals surface area (Å²) < 4.78 is 12.9. The van der Waals surface area contributed by atoms with Crippen LogP contribution in [0.1, 0.15) is 41.5 Å². The van der Waals surface area contributed by atoms with Gasteiger partial charge in [-0.2, -0.15) is 0 Å². The normalized spacial score (nSPS) is 13.7. The first-order chi connectivity index (χ1) is 14.6. The van der Waals surface area contributed by atoms with E-state index in [2.05, 4.69) is 16.2 Å². The predicted molar refractivity (Wildman–Crippen MR) is 115 cm³/mol. The van der Waals surface area contributed by atoms with E-state index in [4.69, 9.17) is 9.26 Å². The quantitative estimate of drug-likeness (QED) is 0.489. The zero-order valence-corrected chi connectivity index (χ0v) is 17.3. The maximum absolute atomic E-state index is 13.1. The van der Waals surface area contributed by atoms with Crippen LogP contribution in [0, 0.1) is 13.8 Å². The molecule has 6 heteroatoms. The molecule has 0 spiro atoms. The first-order valence-electron chi connectivity index (χ1n) is 10.2. The largest absolute Gasteiger partial charge is 0.496 e. The van der Waals surface area contributed by atoms with Crippen molar-refractivity contribution < 1.29 is 9.26 Å². The molecule has 6 nitrogen and oxygen atoms in total. The number of hydrogen-bond acceptors (Lipinski definition) is 5. The zero-order valence-electron chi connectivity index (χ0n) is 17.3. The number of hydrogen-bond donors (Lipinski definition) is 0. The van der Waals surface area contributed by atoms with Gasteiger partial charge in [0.25, 0.3) is 5.56 Å². The number of fused-ring (bicyclic) bond motifs is 1. The lowest BCUT2D eigenvalue weighted by Gasteiger charge is -2.17. The van der Waals surface area contributed by atoms with Gasteiger partial charge in [-0.05, 0) is 56.4 Å². The summed E-state index contributed by atoms with van der Waals surface area (Å²) in [5.74, 6) is 1.88. The third kappa shape index (κ3) is 3.09. The minimum absolute atomic E-state index is 0.0119. The highest BCUT2D eigenvalue weighted by molar-refractivity contribution is 5.92. The van der Waals surface area contributed by atoms with Crippen molar-refractivity contribution in [2.75, 3.05) is 7.11 Å². The summed E-state index contributed by atoms with van der Waals surface area (Å²) >= 11 is 0. The van der Waals surface area contributed by atoms with Gasteiger partial charge in [0.2, 0.25) is 0 Å². The molecule has 1 aliphatic carbocycles. The van der Waals surface area contributed by atoms with Gasteiger partial charge in [0.05, 0.1) is 36.1 Å². The van der Waals surface area contributed by atoms with Crippen molar-refractivity contribution in [2.45, 2.75) is 39.2 Å². The molecule has 1 saturated carbocycles. The second kappa shape index (κ2) is 7.13. The summed E-state index contributed by atoms with van der Waals surface area (Å²) in [6.07, 6.45) is 3.98. The van der Waals surface area contributed by atoms with Crippen molar-refractivity contribution >= 4 is 10.9 Å². The molecule has 5 rings (SSSR count). The van der Waals surface area contributed by atoms with Gasteiger partial charge in [-0.1, -0.05) is 11.2 Å². The Balaban J connectivity index is 1.80. The molecule has 0 unspecified atom stereocenters. The Labute approximate surface area is 174 Å². The Kier molecular flexibility index (Phi) is 4.42. The van der Waals surface area contributed by atoms with Crippen LogP contribution in [0.4, 0.5) is 0 Å². The van der Waals surface area contributed by atoms with E-state index < -0.39 is 0 Å². The predicted octanol–water partition coefficient (Wildman–Crippen LogP) is 4.60. The van der Waals surface area contributed by atoms with Crippen LogP contribution in [0.25, 0.3) is 22.0 Å². The van der Waals surface area contributed by atoms with Crippen molar-refractivity contribution in [1.29, 1.82) is 0 Å². The number of aryl methyl sites for hydroxylation is 2. The fourth-order valence-corrected chi connectivity index (χ4v) is 4.21. The molecule has 0 bridgehead atoms. The maximum atomic E-state index is 13.1. The molecule has 0 atom stereocenters. The molecular formula is C24H23N3O3. The summed E-state index contributed by atoms with van der Waals surface area (Å²) in [7, 11) is 1.65. The van der Waals surface area contributed by atoms with Crippen LogP contribution in [-0.4, -0.2) is 21.8 Å². The van der Waals surface area contributed by atoms with Crippen LogP contribution >= 0.6 is 0 Å². The molecule has 0 aliphatic heterocycles. The Morgan fingerprint density at radius 3 is 2.67 bits per heavy atom. The van der Waals surface area contributed by atoms with Crippen LogP contribution in [0.15, 0.2) is 51.9 Å². The standard InChI is InChI=1S/C24H23N3O3/c1-14-24(15(2)30-26-14)20-10-19-18(16-7-8-16)11-23(28)27(21(19)12-22(20)29-3)13-17-6-4-5-9-25-17/h4-6,9-12,16H,7-8,13H2,1-3H3. The van der Waals surface area contributed by atoms with E-state index in [-0.39, 0.29) is 5.56 Å². The van der Waals surface area contributed by atoms with E-state index in [1.165, 1.54) is 0 Å². The minimum Gasteiger partial charge on any atom is -0.496 e. The smallest absolute Gasteiger partial charge is 0.251 e. The Morgan fingerprint density at radius 2 is 2.03 bits per heavy atom. The lowest BCUT2D eigenvalue weighted by atomic mass is 9.96. The molecule has 3 aromatic heterocycles. The first-order valence-corrected chi connectivity index (χ1v) is 10.2. The Hall–Kier alpha value is -3.41. The maximum Gasteiger partial charge on any atom is 0.251 e. The minimum atomic E-state index is -0.0119. The second-order valence-electron chi connectivity index (χ2n) is 7.89. The van der Waals surface area contributed by atoms with Crippen LogP contribution in [0.3, 0.4) is 0 Å². The van der Waals surface area contributed by atoms with Gasteiger partial charge in [-0.25, -0.2) is 0 Å². The highest BCUT2D eigenvalue weighted by Gasteiger charge is 2.28. The third-order valence-corrected chi connectivity index (χ3v) is 5.83. The molecule has 4 aromatic rings. The highest BCUT2D eigenvalue weighted by atomic mass is 16.5. The van der Waals surface area contributed by atoms with Gasteiger partial charge >= 0.3 is 0 Å². The summed E-state index contributed by atoms with van der Waals surface area (Å²) in [6.45, 7) is 4.25. The molecule has 152 valence electrons. The summed E-state index contributed by atoms with van der Waals surface area (Å²) in [5, 5.41) is 5.18. The molecule has 30 heavy (non-hydrogen) atoms. The second-order valence-corrected chi connectivity index (χ2v) is 7.89. The molecule has 0 saturated heterocycles. The molecule has 0 N–H and O–H groups in total. The molecule has 0 amide bonds. The molecule has 1 fully saturated rings. The average molecular weight is 401 g/mol. The Bertz CT molecular complexity index is 1280. The number of rotatable bonds is 5. The van der Waals surface area contributed by atoms with Gasteiger partial charge in [-0.3, -0.25) is 9.78 Å². The van der Waals surface area contributed by atoms with Crippen molar-refractivity contribution in [2.24, 2.45) is 0 Å². The molecular weight excluding hydrogens is 378 g/mol. The monoisotopic (exact) mass is 401 g/mol. The van der Waals surface area contributed by atoms with E-state index in [0.29, 0.717) is 18.2 Å². The van der Waals surface area contributed by atoms with Crippen LogP contribution < -0.4 is 10.3 Å². The van der Waals surface area contributed by atoms with Crippen molar-refractivity contribution in [3.05, 3.63) is 75.7 Å². The van der Waals surface area contributed by atoms with Gasteiger partial charge in [-0.15, -0.1) is 0 Å². The lowest BCUT2D eigenvalue weighted by Crippen LogP contribution is -2.22. The van der Waals surface area contributed by atoms with Crippen molar-refractivity contribution in [1.82, 2.24) is 14.7 Å². The third-order valence-electron chi connectivity index (χ3n) is 5.83. The van der Waals surface area contributed by atoms with E-state index in [1.54, 1.807) is 23.9 Å². The zero-order chi connectivity index (χ0) is 20.8. The van der Waals surface area contributed by atoms with Gasteiger partial charge < -0.3 is 13.8 Å². The van der Waals surface area contributed by atoms with E-state index >= 15 is 0 Å². The van der Waals surface area contributed by atoms with E-state index in [1.807, 2.05) is 38.1 Å². The summed E-state index contributed by atoms with van der Waals surface area (Å²) in [4.78, 5) is 17.5. The lowest BCUT2D eigenvalue weighted by molar-refractivity contribution is 0.393. The first kappa shape index (κ1) is 18.6.